The van der Waals surface area contributed by atoms with E-state index in [0.29, 0.717) is 23.6 Å². The second kappa shape index (κ2) is 9.26. The molecule has 2 heterocycles. The summed E-state index contributed by atoms with van der Waals surface area (Å²) in [4.78, 5) is 21.5. The van der Waals surface area contributed by atoms with Crippen LogP contribution < -0.4 is 10.3 Å². The summed E-state index contributed by atoms with van der Waals surface area (Å²) in [7, 11) is 0. The molecule has 2 aromatic heterocycles. The van der Waals surface area contributed by atoms with E-state index in [2.05, 4.69) is 25.9 Å². The predicted octanol–water partition coefficient (Wildman–Crippen LogP) is 4.31. The van der Waals surface area contributed by atoms with Gasteiger partial charge in [0.05, 0.1) is 12.1 Å². The van der Waals surface area contributed by atoms with Gasteiger partial charge in [-0.05, 0) is 25.1 Å². The molecule has 0 spiro atoms. The number of nitrogens with zero attached hydrogens (tertiary/aromatic N) is 3. The molecule has 152 valence electrons. The standard InChI is InChI=1S/C21H20BrF2N3O2/c1-3-20-25-9-14(10-26-20)11-27-13(2)6-19(17(8-22)21(27)28)29-12-15-4-5-16(23)7-18(15)24/h4-7,9-10H,3,8,11-12H2,1-2H3. The van der Waals surface area contributed by atoms with E-state index in [-0.39, 0.29) is 23.1 Å². The van der Waals surface area contributed by atoms with E-state index in [9.17, 15) is 13.6 Å². The van der Waals surface area contributed by atoms with Crippen LogP contribution in [-0.2, 0) is 24.9 Å². The lowest BCUT2D eigenvalue weighted by molar-refractivity contribution is 0.295. The van der Waals surface area contributed by atoms with Gasteiger partial charge in [0, 0.05) is 47.0 Å². The molecule has 0 aliphatic heterocycles. The quantitative estimate of drug-likeness (QED) is 0.489. The molecule has 0 aliphatic rings. The normalized spacial score (nSPS) is 10.9. The maximum Gasteiger partial charge on any atom is 0.258 e. The van der Waals surface area contributed by atoms with Gasteiger partial charge in [-0.15, -0.1) is 0 Å². The second-order valence-corrected chi connectivity index (χ2v) is 7.10. The zero-order valence-electron chi connectivity index (χ0n) is 16.1. The minimum atomic E-state index is -0.689. The number of pyridine rings is 1. The fraction of sp³-hybridized carbons (Fsp3) is 0.286. The molecule has 0 unspecified atom stereocenters. The minimum absolute atomic E-state index is 0.110. The first-order chi connectivity index (χ1) is 13.9. The Kier molecular flexibility index (Phi) is 6.74. The molecule has 0 radical (unpaired) electrons. The van der Waals surface area contributed by atoms with E-state index >= 15 is 0 Å². The Labute approximate surface area is 175 Å². The predicted molar refractivity (Wildman–Crippen MR) is 109 cm³/mol. The van der Waals surface area contributed by atoms with Gasteiger partial charge in [0.15, 0.2) is 0 Å². The fourth-order valence-corrected chi connectivity index (χ4v) is 3.37. The molecule has 8 heteroatoms. The molecule has 0 bridgehead atoms. The molecule has 0 N–H and O–H groups in total. The third-order valence-corrected chi connectivity index (χ3v) is 5.07. The number of aryl methyl sites for hydroxylation is 2. The molecule has 0 saturated carbocycles. The highest BCUT2D eigenvalue weighted by atomic mass is 79.9. The van der Waals surface area contributed by atoms with Gasteiger partial charge < -0.3 is 9.30 Å². The van der Waals surface area contributed by atoms with Crippen LogP contribution in [0.2, 0.25) is 0 Å². The van der Waals surface area contributed by atoms with Gasteiger partial charge in [-0.1, -0.05) is 22.9 Å². The zero-order chi connectivity index (χ0) is 21.0. The topological polar surface area (TPSA) is 57.0 Å². The van der Waals surface area contributed by atoms with Gasteiger partial charge >= 0.3 is 0 Å². The van der Waals surface area contributed by atoms with Crippen molar-refractivity contribution < 1.29 is 13.5 Å². The van der Waals surface area contributed by atoms with Gasteiger partial charge in [-0.3, -0.25) is 4.79 Å². The van der Waals surface area contributed by atoms with Crippen LogP contribution in [0.4, 0.5) is 8.78 Å². The summed E-state index contributed by atoms with van der Waals surface area (Å²) in [5.41, 5.74) is 1.92. The number of ether oxygens (including phenoxy) is 1. The first kappa shape index (κ1) is 21.1. The molecule has 29 heavy (non-hydrogen) atoms. The van der Waals surface area contributed by atoms with Crippen molar-refractivity contribution in [1.29, 1.82) is 0 Å². The number of aromatic nitrogens is 3. The molecule has 0 saturated heterocycles. The summed E-state index contributed by atoms with van der Waals surface area (Å²) in [5.74, 6) is -0.231. The molecule has 1 aromatic carbocycles. The first-order valence-corrected chi connectivity index (χ1v) is 10.2. The van der Waals surface area contributed by atoms with Crippen LogP contribution in [0.1, 0.15) is 35.1 Å². The largest absolute Gasteiger partial charge is 0.488 e. The SMILES string of the molecule is CCc1ncc(Cn2c(C)cc(OCc3ccc(F)cc3F)c(CBr)c2=O)cn1. The van der Waals surface area contributed by atoms with E-state index in [1.54, 1.807) is 30.0 Å². The molecule has 3 aromatic rings. The Bertz CT molecular complexity index is 1070. The van der Waals surface area contributed by atoms with E-state index < -0.39 is 11.6 Å². The van der Waals surface area contributed by atoms with Crippen LogP contribution in [0.5, 0.6) is 5.75 Å². The number of rotatable bonds is 7. The fourth-order valence-electron chi connectivity index (χ4n) is 2.85. The summed E-state index contributed by atoms with van der Waals surface area (Å²) in [5, 5.41) is 0.276. The third kappa shape index (κ3) is 4.87. The van der Waals surface area contributed by atoms with Crippen LogP contribution in [0, 0.1) is 18.6 Å². The highest BCUT2D eigenvalue weighted by Crippen LogP contribution is 2.22. The summed E-state index contributed by atoms with van der Waals surface area (Å²) < 4.78 is 34.2. The lowest BCUT2D eigenvalue weighted by Crippen LogP contribution is -2.26. The van der Waals surface area contributed by atoms with Gasteiger partial charge in [0.1, 0.15) is 29.8 Å². The smallest absolute Gasteiger partial charge is 0.258 e. The van der Waals surface area contributed by atoms with Crippen LogP contribution in [0.25, 0.3) is 0 Å². The van der Waals surface area contributed by atoms with Crippen LogP contribution in [0.15, 0.2) is 41.5 Å². The van der Waals surface area contributed by atoms with E-state index in [0.717, 1.165) is 23.9 Å². The molecule has 0 amide bonds. The van der Waals surface area contributed by atoms with Crippen molar-refractivity contribution in [2.45, 2.75) is 38.8 Å². The maximum absolute atomic E-state index is 13.8. The van der Waals surface area contributed by atoms with Crippen molar-refractivity contribution >= 4 is 15.9 Å². The van der Waals surface area contributed by atoms with E-state index in [1.165, 1.54) is 12.1 Å². The Morgan fingerprint density at radius 3 is 2.52 bits per heavy atom. The Balaban J connectivity index is 1.87. The number of alkyl halides is 1. The van der Waals surface area contributed by atoms with Crippen LogP contribution in [0.3, 0.4) is 0 Å². The highest BCUT2D eigenvalue weighted by Gasteiger charge is 2.15. The summed E-state index contributed by atoms with van der Waals surface area (Å²) in [6, 6.07) is 5.04. The maximum atomic E-state index is 13.8. The van der Waals surface area contributed by atoms with Gasteiger partial charge in [0.2, 0.25) is 0 Å². The molecule has 5 nitrogen and oxygen atoms in total. The lowest BCUT2D eigenvalue weighted by atomic mass is 10.2. The van der Waals surface area contributed by atoms with Crippen molar-refractivity contribution in [2.75, 3.05) is 0 Å². The second-order valence-electron chi connectivity index (χ2n) is 6.54. The lowest BCUT2D eigenvalue weighted by Gasteiger charge is -2.16. The van der Waals surface area contributed by atoms with Crippen LogP contribution >= 0.6 is 15.9 Å². The van der Waals surface area contributed by atoms with Crippen LogP contribution in [-0.4, -0.2) is 14.5 Å². The van der Waals surface area contributed by atoms with E-state index in [4.69, 9.17) is 4.74 Å². The Hall–Kier alpha value is -2.61. The number of hydrogen-bond acceptors (Lipinski definition) is 4. The van der Waals surface area contributed by atoms with Crippen molar-refractivity contribution in [3.8, 4) is 5.75 Å². The van der Waals surface area contributed by atoms with Gasteiger partial charge in [0.25, 0.3) is 5.56 Å². The molecular formula is C21H20BrF2N3O2. The zero-order valence-corrected chi connectivity index (χ0v) is 17.7. The number of halogens is 3. The summed E-state index contributed by atoms with van der Waals surface area (Å²) >= 11 is 3.33. The molecule has 0 fully saturated rings. The molecule has 0 aliphatic carbocycles. The monoisotopic (exact) mass is 463 g/mol. The number of benzene rings is 1. The molecule has 3 rings (SSSR count). The Morgan fingerprint density at radius 2 is 1.90 bits per heavy atom. The summed E-state index contributed by atoms with van der Waals surface area (Å²) in [6.45, 7) is 4.00. The molecule has 0 atom stereocenters. The minimum Gasteiger partial charge on any atom is -0.488 e. The highest BCUT2D eigenvalue weighted by molar-refractivity contribution is 9.08. The Morgan fingerprint density at radius 1 is 1.17 bits per heavy atom. The average Bonchev–Trinajstić information content (AvgIpc) is 2.71. The van der Waals surface area contributed by atoms with Gasteiger partial charge in [-0.25, -0.2) is 18.7 Å². The van der Waals surface area contributed by atoms with E-state index in [1.807, 2.05) is 6.92 Å². The van der Waals surface area contributed by atoms with Crippen molar-refractivity contribution in [3.05, 3.63) is 86.9 Å². The van der Waals surface area contributed by atoms with Crippen molar-refractivity contribution in [3.63, 3.8) is 0 Å². The number of hydrogen-bond donors (Lipinski definition) is 0. The first-order valence-electron chi connectivity index (χ1n) is 9.08. The van der Waals surface area contributed by atoms with Crippen molar-refractivity contribution in [2.24, 2.45) is 0 Å². The molecular weight excluding hydrogens is 444 g/mol. The van der Waals surface area contributed by atoms with Gasteiger partial charge in [-0.2, -0.15) is 0 Å². The average molecular weight is 464 g/mol. The summed E-state index contributed by atoms with van der Waals surface area (Å²) in [6.07, 6.45) is 4.17. The van der Waals surface area contributed by atoms with Crippen molar-refractivity contribution in [1.82, 2.24) is 14.5 Å². The third-order valence-electron chi connectivity index (χ3n) is 4.51.